The summed E-state index contributed by atoms with van der Waals surface area (Å²) in [5, 5.41) is 5.02. The molecule has 4 rings (SSSR count). The van der Waals surface area contributed by atoms with E-state index in [1.54, 1.807) is 35.0 Å². The summed E-state index contributed by atoms with van der Waals surface area (Å²) in [6.07, 6.45) is 1.77. The minimum Gasteiger partial charge on any atom is -0.488 e. The third kappa shape index (κ3) is 2.95. The lowest BCUT2D eigenvalue weighted by atomic mass is 10.0. The molecular formula is C20H18ClN3O2. The summed E-state index contributed by atoms with van der Waals surface area (Å²) in [7, 11) is 1.74. The van der Waals surface area contributed by atoms with E-state index >= 15 is 0 Å². The molecule has 2 heterocycles. The quantitative estimate of drug-likeness (QED) is 0.701. The molecule has 0 fully saturated rings. The summed E-state index contributed by atoms with van der Waals surface area (Å²) in [6.45, 7) is 2.64. The average Bonchev–Trinajstić information content (AvgIpc) is 3.04. The maximum atomic E-state index is 12.8. The fourth-order valence-corrected chi connectivity index (χ4v) is 3.32. The Hall–Kier alpha value is -2.79. The van der Waals surface area contributed by atoms with Gasteiger partial charge in [0.1, 0.15) is 18.9 Å². The molecular weight excluding hydrogens is 350 g/mol. The van der Waals surface area contributed by atoms with Crippen LogP contribution in [0.2, 0.25) is 5.02 Å². The minimum absolute atomic E-state index is 0.0705. The third-order valence-corrected chi connectivity index (χ3v) is 4.78. The van der Waals surface area contributed by atoms with Gasteiger partial charge in [0.15, 0.2) is 0 Å². The number of anilines is 1. The zero-order chi connectivity index (χ0) is 18.3. The molecule has 0 saturated carbocycles. The molecule has 0 radical (unpaired) electrons. The van der Waals surface area contributed by atoms with Gasteiger partial charge in [-0.15, -0.1) is 0 Å². The van der Waals surface area contributed by atoms with Gasteiger partial charge in [0.2, 0.25) is 5.91 Å². The molecule has 2 aromatic carbocycles. The highest BCUT2D eigenvalue weighted by Gasteiger charge is 2.24. The Morgan fingerprint density at radius 3 is 2.96 bits per heavy atom. The van der Waals surface area contributed by atoms with Gasteiger partial charge in [0.05, 0.1) is 11.9 Å². The lowest BCUT2D eigenvalue weighted by Crippen LogP contribution is -2.30. The van der Waals surface area contributed by atoms with Crippen LogP contribution in [0.1, 0.15) is 11.1 Å². The highest BCUT2D eigenvalue weighted by molar-refractivity contribution is 6.30. The lowest BCUT2D eigenvalue weighted by molar-refractivity contribution is -0.119. The van der Waals surface area contributed by atoms with Crippen LogP contribution in [0, 0.1) is 6.92 Å². The van der Waals surface area contributed by atoms with Crippen molar-refractivity contribution in [2.45, 2.75) is 20.1 Å². The molecule has 6 heteroatoms. The number of aromatic nitrogens is 2. The fraction of sp³-hybridized carbons (Fsp3) is 0.200. The van der Waals surface area contributed by atoms with Crippen LogP contribution in [0.5, 0.6) is 5.75 Å². The second-order valence-corrected chi connectivity index (χ2v) is 6.83. The van der Waals surface area contributed by atoms with Crippen LogP contribution in [-0.2, 0) is 17.9 Å². The van der Waals surface area contributed by atoms with Crippen molar-refractivity contribution in [2.24, 2.45) is 0 Å². The summed E-state index contributed by atoms with van der Waals surface area (Å²) in [4.78, 5) is 14.4. The molecule has 0 N–H and O–H groups in total. The summed E-state index contributed by atoms with van der Waals surface area (Å²) in [5.74, 6) is 0.749. The second-order valence-electron chi connectivity index (χ2n) is 6.40. The van der Waals surface area contributed by atoms with Crippen molar-refractivity contribution in [1.29, 1.82) is 0 Å². The van der Waals surface area contributed by atoms with E-state index < -0.39 is 0 Å². The van der Waals surface area contributed by atoms with Crippen LogP contribution in [0.4, 0.5) is 5.69 Å². The van der Waals surface area contributed by atoms with Crippen molar-refractivity contribution < 1.29 is 9.53 Å². The van der Waals surface area contributed by atoms with Crippen LogP contribution in [0.25, 0.3) is 11.3 Å². The Morgan fingerprint density at radius 1 is 1.31 bits per heavy atom. The van der Waals surface area contributed by atoms with Gasteiger partial charge < -0.3 is 9.64 Å². The number of nitrogens with zero attached hydrogens (tertiary/aromatic N) is 3. The number of rotatable bonds is 3. The number of carbonyl (C=O) groups excluding carboxylic acids is 1. The second kappa shape index (κ2) is 6.50. The Morgan fingerprint density at radius 2 is 2.15 bits per heavy atom. The Labute approximate surface area is 156 Å². The molecule has 132 valence electrons. The van der Waals surface area contributed by atoms with E-state index in [1.807, 2.05) is 31.2 Å². The molecule has 3 aromatic rings. The number of aryl methyl sites for hydroxylation is 1. The molecule has 1 aliphatic rings. The first kappa shape index (κ1) is 16.7. The van der Waals surface area contributed by atoms with Gasteiger partial charge in [0.25, 0.3) is 0 Å². The largest absolute Gasteiger partial charge is 0.488 e. The summed E-state index contributed by atoms with van der Waals surface area (Å²) >= 11 is 6.03. The van der Waals surface area contributed by atoms with E-state index in [4.69, 9.17) is 16.3 Å². The van der Waals surface area contributed by atoms with Crippen LogP contribution in [0.3, 0.4) is 0 Å². The van der Waals surface area contributed by atoms with Gasteiger partial charge in [-0.3, -0.25) is 9.48 Å². The van der Waals surface area contributed by atoms with Gasteiger partial charge in [-0.05, 0) is 37.3 Å². The number of ether oxygens (including phenoxy) is 1. The molecule has 0 unspecified atom stereocenters. The first-order valence-electron chi connectivity index (χ1n) is 8.33. The van der Waals surface area contributed by atoms with Crippen LogP contribution < -0.4 is 9.64 Å². The Kier molecular flexibility index (Phi) is 4.17. The van der Waals surface area contributed by atoms with E-state index in [0.29, 0.717) is 11.6 Å². The molecule has 0 saturated heterocycles. The predicted molar refractivity (Wildman–Crippen MR) is 102 cm³/mol. The lowest BCUT2D eigenvalue weighted by Gasteiger charge is -2.21. The summed E-state index contributed by atoms with van der Waals surface area (Å²) < 4.78 is 7.54. The Bertz CT molecular complexity index is 996. The first-order valence-corrected chi connectivity index (χ1v) is 8.71. The van der Waals surface area contributed by atoms with Crippen LogP contribution in [0.15, 0.2) is 48.7 Å². The van der Waals surface area contributed by atoms with Crippen molar-refractivity contribution in [3.8, 4) is 17.0 Å². The van der Waals surface area contributed by atoms with Crippen molar-refractivity contribution in [3.05, 3.63) is 64.8 Å². The topological polar surface area (TPSA) is 47.4 Å². The number of amides is 1. The number of hydrogen-bond acceptors (Lipinski definition) is 3. The van der Waals surface area contributed by atoms with Crippen LogP contribution in [-0.4, -0.2) is 22.7 Å². The molecule has 26 heavy (non-hydrogen) atoms. The highest BCUT2D eigenvalue weighted by Crippen LogP contribution is 2.38. The molecule has 1 aromatic heterocycles. The molecule has 5 nitrogen and oxygen atoms in total. The predicted octanol–water partition coefficient (Wildman–Crippen LogP) is 4.07. The molecule has 0 aliphatic carbocycles. The zero-order valence-electron chi connectivity index (χ0n) is 14.6. The average molecular weight is 368 g/mol. The van der Waals surface area contributed by atoms with Gasteiger partial charge >= 0.3 is 0 Å². The number of hydrogen-bond donors (Lipinski definition) is 0. The number of carbonyl (C=O) groups is 1. The zero-order valence-corrected chi connectivity index (χ0v) is 15.3. The number of benzene rings is 2. The van der Waals surface area contributed by atoms with Gasteiger partial charge in [-0.25, -0.2) is 0 Å². The number of fused-ring (bicyclic) bond motifs is 3. The molecule has 0 spiro atoms. The molecule has 0 bridgehead atoms. The van der Waals surface area contributed by atoms with Crippen molar-refractivity contribution in [2.75, 3.05) is 11.9 Å². The molecule has 1 aliphatic heterocycles. The minimum atomic E-state index is -0.0705. The smallest absolute Gasteiger partial charge is 0.248 e. The third-order valence-electron chi connectivity index (χ3n) is 4.54. The molecule has 1 amide bonds. The first-order chi connectivity index (χ1) is 12.5. The summed E-state index contributed by atoms with van der Waals surface area (Å²) in [6, 6.07) is 13.3. The molecule has 0 atom stereocenters. The van der Waals surface area contributed by atoms with Crippen LogP contribution >= 0.6 is 11.6 Å². The van der Waals surface area contributed by atoms with Gasteiger partial charge in [0, 0.05) is 28.9 Å². The van der Waals surface area contributed by atoms with Gasteiger partial charge in [-0.2, -0.15) is 5.10 Å². The van der Waals surface area contributed by atoms with E-state index in [-0.39, 0.29) is 12.5 Å². The number of halogens is 1. The standard InChI is InChI=1S/C20H18ClN3O2/c1-13-6-7-18-17(8-13)20-14(12-26-18)10-22-24(20)11-19(25)23(2)16-5-3-4-15(21)9-16/h3-10H,11-12H2,1-2H3. The Balaban J connectivity index is 1.65. The monoisotopic (exact) mass is 367 g/mol. The maximum Gasteiger partial charge on any atom is 0.248 e. The van der Waals surface area contributed by atoms with E-state index in [9.17, 15) is 4.79 Å². The van der Waals surface area contributed by atoms with Crippen molar-refractivity contribution in [3.63, 3.8) is 0 Å². The van der Waals surface area contributed by atoms with E-state index in [1.165, 1.54) is 0 Å². The van der Waals surface area contributed by atoms with Crippen molar-refractivity contribution >= 4 is 23.2 Å². The SMILES string of the molecule is Cc1ccc2c(c1)-c1c(cnn1CC(=O)N(C)c1cccc(Cl)c1)CO2. The normalized spacial score (nSPS) is 12.1. The number of likely N-dealkylation sites (N-methyl/N-ethyl adjacent to an activating group) is 1. The van der Waals surface area contributed by atoms with E-state index in [0.717, 1.165) is 33.8 Å². The van der Waals surface area contributed by atoms with Crippen molar-refractivity contribution in [1.82, 2.24) is 9.78 Å². The van der Waals surface area contributed by atoms with E-state index in [2.05, 4.69) is 11.2 Å². The highest BCUT2D eigenvalue weighted by atomic mass is 35.5. The van der Waals surface area contributed by atoms with Gasteiger partial charge in [-0.1, -0.05) is 29.3 Å². The maximum absolute atomic E-state index is 12.8. The fourth-order valence-electron chi connectivity index (χ4n) is 3.13. The summed E-state index contributed by atoms with van der Waals surface area (Å²) in [5.41, 5.74) is 4.80.